The van der Waals surface area contributed by atoms with Crippen molar-refractivity contribution < 1.29 is 15.0 Å². The molecule has 0 heterocycles. The summed E-state index contributed by atoms with van der Waals surface area (Å²) in [5.74, 6) is -0.0750. The number of aliphatic hydroxyl groups is 1. The highest BCUT2D eigenvalue weighted by Crippen LogP contribution is 2.21. The fraction of sp³-hybridized carbons (Fsp3) is 0.222. The monoisotopic (exact) mass is 166 g/mol. The highest BCUT2D eigenvalue weighted by Gasteiger charge is 2.05. The van der Waals surface area contributed by atoms with Gasteiger partial charge < -0.3 is 10.2 Å². The van der Waals surface area contributed by atoms with Gasteiger partial charge in [-0.1, -0.05) is 6.07 Å². The van der Waals surface area contributed by atoms with Crippen molar-refractivity contribution in [3.05, 3.63) is 28.8 Å². The van der Waals surface area contributed by atoms with Crippen LogP contribution >= 0.6 is 0 Å². The number of aromatic hydroxyl groups is 1. The molecule has 0 unspecified atom stereocenters. The van der Waals surface area contributed by atoms with Crippen LogP contribution in [0.5, 0.6) is 5.75 Å². The molecule has 0 aliphatic rings. The Kier molecular flexibility index (Phi) is 2.45. The van der Waals surface area contributed by atoms with Gasteiger partial charge in [-0.05, 0) is 24.1 Å². The average Bonchev–Trinajstić information content (AvgIpc) is 2.03. The summed E-state index contributed by atoms with van der Waals surface area (Å²) in [6.07, 6.45) is 0.603. The molecule has 2 N–H and O–H groups in total. The molecule has 0 amide bonds. The first-order chi connectivity index (χ1) is 5.69. The zero-order valence-electron chi connectivity index (χ0n) is 6.74. The highest BCUT2D eigenvalue weighted by atomic mass is 16.3. The summed E-state index contributed by atoms with van der Waals surface area (Å²) >= 11 is 0. The lowest BCUT2D eigenvalue weighted by Gasteiger charge is -2.04. The van der Waals surface area contributed by atoms with Gasteiger partial charge in [0.2, 0.25) is 0 Å². The van der Waals surface area contributed by atoms with Crippen molar-refractivity contribution in [3.8, 4) is 5.75 Å². The predicted molar refractivity (Wildman–Crippen MR) is 44.2 cm³/mol. The number of carbonyl (C=O) groups is 1. The second-order valence-corrected chi connectivity index (χ2v) is 2.62. The van der Waals surface area contributed by atoms with E-state index < -0.39 is 0 Å². The molecule has 0 saturated carbocycles. The van der Waals surface area contributed by atoms with Crippen LogP contribution in [0.2, 0.25) is 0 Å². The zero-order chi connectivity index (χ0) is 9.14. The van der Waals surface area contributed by atoms with Crippen molar-refractivity contribution in [1.29, 1.82) is 0 Å². The maximum atomic E-state index is 10.4. The third-order valence-electron chi connectivity index (χ3n) is 1.73. The lowest BCUT2D eigenvalue weighted by atomic mass is 10.1. The van der Waals surface area contributed by atoms with Crippen molar-refractivity contribution in [2.45, 2.75) is 13.5 Å². The van der Waals surface area contributed by atoms with Gasteiger partial charge in [-0.15, -0.1) is 0 Å². The molecule has 0 radical (unpaired) electrons. The van der Waals surface area contributed by atoms with E-state index in [1.165, 1.54) is 6.07 Å². The minimum atomic E-state index is -0.131. The van der Waals surface area contributed by atoms with Crippen LogP contribution in [-0.4, -0.2) is 16.5 Å². The van der Waals surface area contributed by atoms with E-state index in [0.29, 0.717) is 17.4 Å². The molecule has 0 aromatic heterocycles. The Morgan fingerprint density at radius 2 is 2.17 bits per heavy atom. The van der Waals surface area contributed by atoms with E-state index in [0.717, 1.165) is 0 Å². The molecule has 0 spiro atoms. The molecule has 3 nitrogen and oxygen atoms in total. The minimum Gasteiger partial charge on any atom is -0.507 e. The van der Waals surface area contributed by atoms with Crippen molar-refractivity contribution in [2.75, 3.05) is 0 Å². The van der Waals surface area contributed by atoms with Crippen LogP contribution < -0.4 is 0 Å². The first-order valence-electron chi connectivity index (χ1n) is 3.57. The molecule has 0 saturated heterocycles. The highest BCUT2D eigenvalue weighted by molar-refractivity contribution is 5.81. The lowest BCUT2D eigenvalue weighted by Crippen LogP contribution is -1.91. The Morgan fingerprint density at radius 3 is 2.58 bits per heavy atom. The fourth-order valence-corrected chi connectivity index (χ4v) is 1.10. The number of hydrogen-bond donors (Lipinski definition) is 2. The number of phenolic OH excluding ortho intramolecular Hbond substituents is 1. The molecule has 12 heavy (non-hydrogen) atoms. The third-order valence-corrected chi connectivity index (χ3v) is 1.73. The smallest absolute Gasteiger partial charge is 0.154 e. The van der Waals surface area contributed by atoms with Gasteiger partial charge in [0, 0.05) is 0 Å². The number of phenols is 1. The van der Waals surface area contributed by atoms with E-state index in [4.69, 9.17) is 5.11 Å². The van der Waals surface area contributed by atoms with Crippen LogP contribution in [0.4, 0.5) is 0 Å². The van der Waals surface area contributed by atoms with Gasteiger partial charge in [0.25, 0.3) is 0 Å². The van der Waals surface area contributed by atoms with Gasteiger partial charge in [-0.25, -0.2) is 0 Å². The van der Waals surface area contributed by atoms with Crippen LogP contribution in [0.1, 0.15) is 21.5 Å². The first kappa shape index (κ1) is 8.74. The van der Waals surface area contributed by atoms with Gasteiger partial charge in [0.05, 0.1) is 12.2 Å². The van der Waals surface area contributed by atoms with Crippen LogP contribution in [0.15, 0.2) is 12.1 Å². The predicted octanol–water partition coefficient (Wildman–Crippen LogP) is 1.01. The summed E-state index contributed by atoms with van der Waals surface area (Å²) in [6.45, 7) is 1.58. The van der Waals surface area contributed by atoms with E-state index in [1.54, 1.807) is 13.0 Å². The van der Waals surface area contributed by atoms with Gasteiger partial charge in [0.15, 0.2) is 6.29 Å². The Bertz CT molecular complexity index is 282. The Balaban J connectivity index is 3.27. The number of aryl methyl sites for hydroxylation is 1. The fourth-order valence-electron chi connectivity index (χ4n) is 1.10. The van der Waals surface area contributed by atoms with E-state index in [1.807, 2.05) is 0 Å². The number of rotatable bonds is 2. The van der Waals surface area contributed by atoms with Crippen LogP contribution in [-0.2, 0) is 6.61 Å². The van der Waals surface area contributed by atoms with E-state index in [9.17, 15) is 9.90 Å². The molecule has 1 rings (SSSR count). The number of hydrogen-bond acceptors (Lipinski definition) is 3. The SMILES string of the molecule is Cc1cc(CO)cc(O)c1C=O. The van der Waals surface area contributed by atoms with Crippen molar-refractivity contribution in [1.82, 2.24) is 0 Å². The molecular formula is C9H10O3. The number of aldehydes is 1. The Labute approximate surface area is 70.3 Å². The number of aliphatic hydroxyl groups excluding tert-OH is 1. The molecule has 0 aliphatic carbocycles. The summed E-state index contributed by atoms with van der Waals surface area (Å²) in [4.78, 5) is 10.4. The topological polar surface area (TPSA) is 57.5 Å². The van der Waals surface area contributed by atoms with E-state index in [2.05, 4.69) is 0 Å². The van der Waals surface area contributed by atoms with Gasteiger partial charge in [-0.3, -0.25) is 4.79 Å². The summed E-state index contributed by atoms with van der Waals surface area (Å²) in [5.41, 5.74) is 1.57. The molecular weight excluding hydrogens is 156 g/mol. The zero-order valence-corrected chi connectivity index (χ0v) is 6.74. The Hall–Kier alpha value is -1.35. The average molecular weight is 166 g/mol. The normalized spacial score (nSPS) is 9.83. The molecule has 3 heteroatoms. The van der Waals surface area contributed by atoms with Crippen LogP contribution in [0.3, 0.4) is 0 Å². The van der Waals surface area contributed by atoms with Crippen LogP contribution in [0.25, 0.3) is 0 Å². The summed E-state index contributed by atoms with van der Waals surface area (Å²) in [6, 6.07) is 3.06. The van der Waals surface area contributed by atoms with Crippen molar-refractivity contribution in [3.63, 3.8) is 0 Å². The second-order valence-electron chi connectivity index (χ2n) is 2.62. The maximum Gasteiger partial charge on any atom is 0.154 e. The summed E-state index contributed by atoms with van der Waals surface area (Å²) in [5, 5.41) is 18.0. The minimum absolute atomic E-state index is 0.0750. The lowest BCUT2D eigenvalue weighted by molar-refractivity contribution is 0.112. The van der Waals surface area contributed by atoms with Gasteiger partial charge in [-0.2, -0.15) is 0 Å². The number of benzene rings is 1. The first-order valence-corrected chi connectivity index (χ1v) is 3.57. The molecule has 1 aromatic rings. The molecule has 0 aliphatic heterocycles. The molecule has 1 aromatic carbocycles. The molecule has 64 valence electrons. The molecule has 0 atom stereocenters. The van der Waals surface area contributed by atoms with Crippen LogP contribution in [0, 0.1) is 6.92 Å². The quantitative estimate of drug-likeness (QED) is 0.644. The van der Waals surface area contributed by atoms with E-state index >= 15 is 0 Å². The van der Waals surface area contributed by atoms with Gasteiger partial charge >= 0.3 is 0 Å². The van der Waals surface area contributed by atoms with Crippen molar-refractivity contribution in [2.24, 2.45) is 0 Å². The second kappa shape index (κ2) is 3.36. The molecule has 0 bridgehead atoms. The number of carbonyl (C=O) groups excluding carboxylic acids is 1. The Morgan fingerprint density at radius 1 is 1.50 bits per heavy atom. The van der Waals surface area contributed by atoms with E-state index in [-0.39, 0.29) is 17.9 Å². The van der Waals surface area contributed by atoms with Crippen molar-refractivity contribution >= 4 is 6.29 Å². The van der Waals surface area contributed by atoms with Gasteiger partial charge in [0.1, 0.15) is 5.75 Å². The molecule has 0 fully saturated rings. The third kappa shape index (κ3) is 1.46. The summed E-state index contributed by atoms with van der Waals surface area (Å²) < 4.78 is 0. The summed E-state index contributed by atoms with van der Waals surface area (Å²) in [7, 11) is 0. The largest absolute Gasteiger partial charge is 0.507 e. The maximum absolute atomic E-state index is 10.4. The standard InChI is InChI=1S/C9H10O3/c1-6-2-7(4-10)3-9(12)8(6)5-11/h2-3,5,10,12H,4H2,1H3.